The average molecular weight is 536 g/mol. The third-order valence-corrected chi connectivity index (χ3v) is 8.15. The largest absolute Gasteiger partial charge is 0.495 e. The Kier molecular flexibility index (Phi) is 8.40. The molecule has 0 aromatic heterocycles. The predicted molar refractivity (Wildman–Crippen MR) is 143 cm³/mol. The van der Waals surface area contributed by atoms with Gasteiger partial charge in [0.25, 0.3) is 5.91 Å². The summed E-state index contributed by atoms with van der Waals surface area (Å²) in [6, 6.07) is 10.9. The second-order valence-corrected chi connectivity index (χ2v) is 11.3. The van der Waals surface area contributed by atoms with Crippen LogP contribution in [0.3, 0.4) is 0 Å². The predicted octanol–water partition coefficient (Wildman–Crippen LogP) is 5.63. The van der Waals surface area contributed by atoms with E-state index in [9.17, 15) is 9.90 Å². The van der Waals surface area contributed by atoms with Crippen molar-refractivity contribution in [1.82, 2.24) is 9.80 Å². The number of halogens is 2. The van der Waals surface area contributed by atoms with Crippen molar-refractivity contribution in [3.8, 4) is 11.5 Å². The number of benzene rings is 2. The Morgan fingerprint density at radius 3 is 2.39 bits per heavy atom. The molecular weight excluding hydrogens is 499 g/mol. The summed E-state index contributed by atoms with van der Waals surface area (Å²) in [5.74, 6) is 0.944. The van der Waals surface area contributed by atoms with Crippen LogP contribution in [0, 0.1) is 5.41 Å². The maximum absolute atomic E-state index is 13.1. The Morgan fingerprint density at radius 1 is 1.06 bits per heavy atom. The molecule has 2 aromatic carbocycles. The number of carbonyl (C=O) groups excluding carboxylic acids is 1. The van der Waals surface area contributed by atoms with E-state index < -0.39 is 5.60 Å². The number of nitrogens with zero attached hydrogens (tertiary/aromatic N) is 2. The number of likely N-dealkylation sites (tertiary alicyclic amines) is 2. The van der Waals surface area contributed by atoms with Crippen molar-refractivity contribution in [1.29, 1.82) is 0 Å². The third-order valence-electron chi connectivity index (χ3n) is 7.60. The van der Waals surface area contributed by atoms with Crippen LogP contribution in [0.5, 0.6) is 11.5 Å². The molecule has 0 spiro atoms. The van der Waals surface area contributed by atoms with Crippen LogP contribution >= 0.6 is 23.2 Å². The number of amides is 1. The van der Waals surface area contributed by atoms with Crippen molar-refractivity contribution in [3.05, 3.63) is 57.6 Å². The number of carbonyl (C=O) groups is 1. The SMILES string of the molecule is COc1cc(OCCCN2CCC(O)(c3ccc(Cl)cc3)C(C)(C)C2)c(C(=O)N2CCCC2)cc1Cl. The van der Waals surface area contributed by atoms with Gasteiger partial charge in [0.2, 0.25) is 0 Å². The topological polar surface area (TPSA) is 62.2 Å². The lowest BCUT2D eigenvalue weighted by molar-refractivity contribution is -0.125. The highest BCUT2D eigenvalue weighted by molar-refractivity contribution is 6.32. The summed E-state index contributed by atoms with van der Waals surface area (Å²) in [6.45, 7) is 8.59. The molecule has 196 valence electrons. The van der Waals surface area contributed by atoms with Crippen molar-refractivity contribution < 1.29 is 19.4 Å². The number of methoxy groups -OCH3 is 1. The van der Waals surface area contributed by atoms with Gasteiger partial charge in [0.05, 0.1) is 29.9 Å². The number of hydrogen-bond donors (Lipinski definition) is 1. The molecule has 1 atom stereocenters. The molecule has 0 saturated carbocycles. The molecule has 1 unspecified atom stereocenters. The minimum atomic E-state index is -0.907. The molecule has 6 nitrogen and oxygen atoms in total. The van der Waals surface area contributed by atoms with E-state index >= 15 is 0 Å². The van der Waals surface area contributed by atoms with Crippen molar-refractivity contribution in [2.45, 2.75) is 45.1 Å². The maximum Gasteiger partial charge on any atom is 0.257 e. The zero-order valence-electron chi connectivity index (χ0n) is 21.4. The van der Waals surface area contributed by atoms with E-state index in [0.29, 0.717) is 40.1 Å². The number of piperidine rings is 1. The highest BCUT2D eigenvalue weighted by Crippen LogP contribution is 2.46. The summed E-state index contributed by atoms with van der Waals surface area (Å²) in [5, 5.41) is 12.7. The lowest BCUT2D eigenvalue weighted by Crippen LogP contribution is -2.55. The van der Waals surface area contributed by atoms with E-state index in [2.05, 4.69) is 18.7 Å². The zero-order chi connectivity index (χ0) is 25.9. The molecule has 1 N–H and O–H groups in total. The quantitative estimate of drug-likeness (QED) is 0.445. The standard InChI is InChI=1S/C28H36Cl2N2O4/c1-27(2)19-31(15-11-28(27,34)20-7-9-21(29)10-8-20)12-6-16-36-24-18-25(35-3)23(30)17-22(24)26(33)32-13-4-5-14-32/h7-10,17-18,34H,4-6,11-16,19H2,1-3H3. The molecule has 2 aliphatic rings. The minimum absolute atomic E-state index is 0.0497. The van der Waals surface area contributed by atoms with Gasteiger partial charge in [-0.3, -0.25) is 4.79 Å². The summed E-state index contributed by atoms with van der Waals surface area (Å²) in [4.78, 5) is 17.3. The van der Waals surface area contributed by atoms with Gasteiger partial charge in [-0.15, -0.1) is 0 Å². The van der Waals surface area contributed by atoms with Gasteiger partial charge in [-0.1, -0.05) is 49.2 Å². The lowest BCUT2D eigenvalue weighted by atomic mass is 9.66. The maximum atomic E-state index is 13.1. The van der Waals surface area contributed by atoms with Crippen LogP contribution in [0.2, 0.25) is 10.0 Å². The fourth-order valence-electron chi connectivity index (χ4n) is 5.42. The highest BCUT2D eigenvalue weighted by Gasteiger charge is 2.48. The third kappa shape index (κ3) is 5.62. The van der Waals surface area contributed by atoms with Gasteiger partial charge >= 0.3 is 0 Å². The van der Waals surface area contributed by atoms with Crippen LogP contribution in [0.4, 0.5) is 0 Å². The monoisotopic (exact) mass is 534 g/mol. The van der Waals surface area contributed by atoms with E-state index in [1.54, 1.807) is 19.2 Å². The Labute approximate surface area is 224 Å². The molecule has 36 heavy (non-hydrogen) atoms. The Bertz CT molecular complexity index is 1070. The van der Waals surface area contributed by atoms with Gasteiger partial charge in [-0.2, -0.15) is 0 Å². The Balaban J connectivity index is 1.36. The average Bonchev–Trinajstić information content (AvgIpc) is 3.39. The fraction of sp³-hybridized carbons (Fsp3) is 0.536. The van der Waals surface area contributed by atoms with Crippen LogP contribution in [-0.4, -0.2) is 67.3 Å². The summed E-state index contributed by atoms with van der Waals surface area (Å²) < 4.78 is 11.5. The number of aliphatic hydroxyl groups is 1. The van der Waals surface area contributed by atoms with E-state index in [-0.39, 0.29) is 11.3 Å². The molecule has 8 heteroatoms. The first-order valence-electron chi connectivity index (χ1n) is 12.6. The zero-order valence-corrected chi connectivity index (χ0v) is 22.9. The first kappa shape index (κ1) is 27.1. The minimum Gasteiger partial charge on any atom is -0.495 e. The molecule has 4 rings (SSSR count). The van der Waals surface area contributed by atoms with Crippen molar-refractivity contribution in [2.75, 3.05) is 46.4 Å². The van der Waals surface area contributed by atoms with Crippen molar-refractivity contribution in [2.24, 2.45) is 5.41 Å². The van der Waals surface area contributed by atoms with Gasteiger partial charge < -0.3 is 24.4 Å². The summed E-state index contributed by atoms with van der Waals surface area (Å²) in [6.07, 6.45) is 3.47. The summed E-state index contributed by atoms with van der Waals surface area (Å²) >= 11 is 12.4. The van der Waals surface area contributed by atoms with Gasteiger partial charge in [0, 0.05) is 49.2 Å². The molecule has 2 fully saturated rings. The second kappa shape index (κ2) is 11.2. The van der Waals surface area contributed by atoms with Gasteiger partial charge in [-0.25, -0.2) is 0 Å². The normalized spacial score (nSPS) is 22.0. The van der Waals surface area contributed by atoms with E-state index in [0.717, 1.165) is 57.5 Å². The Hall–Kier alpha value is -1.99. The Morgan fingerprint density at radius 2 is 1.75 bits per heavy atom. The number of rotatable bonds is 8. The molecule has 0 radical (unpaired) electrons. The first-order chi connectivity index (χ1) is 17.1. The molecule has 0 bridgehead atoms. The molecule has 2 saturated heterocycles. The van der Waals surface area contributed by atoms with Gasteiger partial charge in [-0.05, 0) is 49.4 Å². The number of hydrogen-bond acceptors (Lipinski definition) is 5. The van der Waals surface area contributed by atoms with Gasteiger partial charge in [0.1, 0.15) is 11.5 Å². The van der Waals surface area contributed by atoms with Crippen LogP contribution in [0.25, 0.3) is 0 Å². The van der Waals surface area contributed by atoms with Crippen LogP contribution < -0.4 is 9.47 Å². The van der Waals surface area contributed by atoms with Gasteiger partial charge in [0.15, 0.2) is 0 Å². The second-order valence-electron chi connectivity index (χ2n) is 10.5. The van der Waals surface area contributed by atoms with Crippen molar-refractivity contribution >= 4 is 29.1 Å². The highest BCUT2D eigenvalue weighted by atomic mass is 35.5. The summed E-state index contributed by atoms with van der Waals surface area (Å²) in [7, 11) is 1.55. The lowest BCUT2D eigenvalue weighted by Gasteiger charge is -2.50. The molecule has 2 aliphatic heterocycles. The molecule has 2 heterocycles. The summed E-state index contributed by atoms with van der Waals surface area (Å²) in [5.41, 5.74) is 0.148. The van der Waals surface area contributed by atoms with Crippen LogP contribution in [-0.2, 0) is 5.60 Å². The number of ether oxygens (including phenoxy) is 2. The van der Waals surface area contributed by atoms with E-state index in [4.69, 9.17) is 32.7 Å². The molecule has 1 amide bonds. The van der Waals surface area contributed by atoms with Crippen LogP contribution in [0.1, 0.15) is 55.5 Å². The molecule has 0 aliphatic carbocycles. The first-order valence-corrected chi connectivity index (χ1v) is 13.4. The van der Waals surface area contributed by atoms with Crippen molar-refractivity contribution in [3.63, 3.8) is 0 Å². The molecule has 2 aromatic rings. The smallest absolute Gasteiger partial charge is 0.257 e. The molecular formula is C28H36Cl2N2O4. The fourth-order valence-corrected chi connectivity index (χ4v) is 5.78. The van der Waals surface area contributed by atoms with E-state index in [1.807, 2.05) is 29.2 Å². The van der Waals surface area contributed by atoms with Crippen LogP contribution in [0.15, 0.2) is 36.4 Å². The van der Waals surface area contributed by atoms with E-state index in [1.165, 1.54) is 0 Å².